The van der Waals surface area contributed by atoms with E-state index < -0.39 is 0 Å². The second kappa shape index (κ2) is 7.76. The van der Waals surface area contributed by atoms with E-state index in [0.717, 1.165) is 43.7 Å². The number of hydrogen-bond donors (Lipinski definition) is 1. The van der Waals surface area contributed by atoms with Gasteiger partial charge in [-0.25, -0.2) is 0 Å². The Hall–Kier alpha value is -1.13. The van der Waals surface area contributed by atoms with Gasteiger partial charge in [0.15, 0.2) is 0 Å². The van der Waals surface area contributed by atoms with Crippen LogP contribution in [0.1, 0.15) is 57.6 Å². The fourth-order valence-corrected chi connectivity index (χ4v) is 3.29. The summed E-state index contributed by atoms with van der Waals surface area (Å²) in [5.41, 5.74) is 1.05. The highest BCUT2D eigenvalue weighted by Gasteiger charge is 2.42. The summed E-state index contributed by atoms with van der Waals surface area (Å²) >= 11 is 0. The molecule has 1 aliphatic carbocycles. The van der Waals surface area contributed by atoms with Gasteiger partial charge in [-0.2, -0.15) is 0 Å². The highest BCUT2D eigenvalue weighted by molar-refractivity contribution is 5.28. The molecular formula is C17H28N2O2. The van der Waals surface area contributed by atoms with Gasteiger partial charge in [-0.1, -0.05) is 26.7 Å². The van der Waals surface area contributed by atoms with Crippen LogP contribution >= 0.6 is 0 Å². The Morgan fingerprint density at radius 3 is 2.67 bits per heavy atom. The van der Waals surface area contributed by atoms with Gasteiger partial charge >= 0.3 is 0 Å². The van der Waals surface area contributed by atoms with Crippen LogP contribution < -0.4 is 10.1 Å². The van der Waals surface area contributed by atoms with Crippen molar-refractivity contribution >= 4 is 0 Å². The first-order valence-electron chi connectivity index (χ1n) is 8.12. The fraction of sp³-hybridized carbons (Fsp3) is 0.706. The van der Waals surface area contributed by atoms with Gasteiger partial charge in [0, 0.05) is 13.3 Å². The molecular weight excluding hydrogens is 264 g/mol. The molecule has 4 heteroatoms. The quantitative estimate of drug-likeness (QED) is 0.796. The average Bonchev–Trinajstić information content (AvgIpc) is 3.01. The fourth-order valence-electron chi connectivity index (χ4n) is 3.29. The third-order valence-electron chi connectivity index (χ3n) is 4.33. The molecule has 0 aromatic carbocycles. The van der Waals surface area contributed by atoms with Crippen LogP contribution in [0.4, 0.5) is 0 Å². The summed E-state index contributed by atoms with van der Waals surface area (Å²) in [6, 6.07) is 2.28. The van der Waals surface area contributed by atoms with Crippen LogP contribution in [0.25, 0.3) is 0 Å². The number of methoxy groups -OCH3 is 1. The van der Waals surface area contributed by atoms with E-state index in [2.05, 4.69) is 30.2 Å². The number of nitrogens with zero attached hydrogens (tertiary/aromatic N) is 1. The topological polar surface area (TPSA) is 43.4 Å². The largest absolute Gasteiger partial charge is 0.492 e. The van der Waals surface area contributed by atoms with Gasteiger partial charge in [0.1, 0.15) is 5.75 Å². The number of rotatable bonds is 8. The van der Waals surface area contributed by atoms with Crippen LogP contribution in [0.3, 0.4) is 0 Å². The van der Waals surface area contributed by atoms with Gasteiger partial charge in [-0.05, 0) is 37.4 Å². The van der Waals surface area contributed by atoms with Gasteiger partial charge in [0.2, 0.25) is 0 Å². The summed E-state index contributed by atoms with van der Waals surface area (Å²) in [7, 11) is 1.83. The van der Waals surface area contributed by atoms with Crippen molar-refractivity contribution in [1.29, 1.82) is 0 Å². The summed E-state index contributed by atoms with van der Waals surface area (Å²) in [5, 5.41) is 3.60. The van der Waals surface area contributed by atoms with Gasteiger partial charge in [-0.3, -0.25) is 4.98 Å². The minimum absolute atomic E-state index is 0.110. The van der Waals surface area contributed by atoms with Crippen molar-refractivity contribution in [2.75, 3.05) is 20.3 Å². The van der Waals surface area contributed by atoms with E-state index in [1.165, 1.54) is 12.8 Å². The van der Waals surface area contributed by atoms with Crippen LogP contribution in [0, 0.1) is 0 Å². The number of hydrogen-bond acceptors (Lipinski definition) is 4. The molecule has 0 aliphatic heterocycles. The molecule has 1 saturated carbocycles. The molecule has 0 radical (unpaired) electrons. The van der Waals surface area contributed by atoms with Crippen molar-refractivity contribution in [3.05, 3.63) is 24.0 Å². The zero-order valence-corrected chi connectivity index (χ0v) is 13.5. The maximum absolute atomic E-state index is 5.96. The summed E-state index contributed by atoms with van der Waals surface area (Å²) < 4.78 is 11.7. The van der Waals surface area contributed by atoms with E-state index in [0.29, 0.717) is 0 Å². The zero-order chi connectivity index (χ0) is 15.1. The van der Waals surface area contributed by atoms with E-state index in [1.807, 2.05) is 13.3 Å². The predicted octanol–water partition coefficient (Wildman–Crippen LogP) is 3.48. The van der Waals surface area contributed by atoms with Crippen LogP contribution in [0.15, 0.2) is 18.5 Å². The van der Waals surface area contributed by atoms with E-state index >= 15 is 0 Å². The summed E-state index contributed by atoms with van der Waals surface area (Å²) in [5.74, 6) is 0.849. The Morgan fingerprint density at radius 2 is 2.05 bits per heavy atom. The van der Waals surface area contributed by atoms with Crippen LogP contribution in [0.5, 0.6) is 5.75 Å². The van der Waals surface area contributed by atoms with Crippen LogP contribution in [0.2, 0.25) is 0 Å². The zero-order valence-electron chi connectivity index (χ0n) is 13.5. The first-order chi connectivity index (χ1) is 10.3. The first kappa shape index (κ1) is 16.2. The van der Waals surface area contributed by atoms with Crippen LogP contribution in [-0.4, -0.2) is 30.8 Å². The average molecular weight is 292 g/mol. The Balaban J connectivity index is 2.24. The number of nitrogens with one attached hydrogen (secondary N) is 1. The lowest BCUT2D eigenvalue weighted by Gasteiger charge is -2.37. The number of ether oxygens (including phenoxy) is 2. The van der Waals surface area contributed by atoms with Crippen molar-refractivity contribution in [2.45, 2.75) is 57.6 Å². The highest BCUT2D eigenvalue weighted by atomic mass is 16.5. The molecule has 1 N–H and O–H groups in total. The molecule has 0 saturated heterocycles. The van der Waals surface area contributed by atoms with Gasteiger partial charge in [0.05, 0.1) is 24.4 Å². The summed E-state index contributed by atoms with van der Waals surface area (Å²) in [6.45, 7) is 5.88. The molecule has 0 bridgehead atoms. The third kappa shape index (κ3) is 3.74. The van der Waals surface area contributed by atoms with Crippen molar-refractivity contribution < 1.29 is 9.47 Å². The first-order valence-corrected chi connectivity index (χ1v) is 8.12. The van der Waals surface area contributed by atoms with Gasteiger partial charge in [-0.15, -0.1) is 0 Å². The molecule has 1 heterocycles. The third-order valence-corrected chi connectivity index (χ3v) is 4.33. The normalized spacial score (nSPS) is 18.6. The van der Waals surface area contributed by atoms with Gasteiger partial charge in [0.25, 0.3) is 0 Å². The van der Waals surface area contributed by atoms with Crippen LogP contribution in [-0.2, 0) is 4.74 Å². The van der Waals surface area contributed by atoms with E-state index in [4.69, 9.17) is 9.47 Å². The molecule has 4 nitrogen and oxygen atoms in total. The number of aromatic nitrogens is 1. The predicted molar refractivity (Wildman–Crippen MR) is 84.6 cm³/mol. The standard InChI is InChI=1S/C17H28N2O2/c1-4-10-21-15-11-14(12-18-13-15)16(19-5-2)17(20-3)8-6-7-9-17/h11-13,16,19H,4-10H2,1-3H3. The van der Waals surface area contributed by atoms with Crippen molar-refractivity contribution in [2.24, 2.45) is 0 Å². The SMILES string of the molecule is CCCOc1cncc(C(NCC)C2(OC)CCCC2)c1. The summed E-state index contributed by atoms with van der Waals surface area (Å²) in [6.07, 6.45) is 9.39. The molecule has 1 aromatic rings. The van der Waals surface area contributed by atoms with Gasteiger partial charge < -0.3 is 14.8 Å². The molecule has 1 fully saturated rings. The van der Waals surface area contributed by atoms with Crippen molar-refractivity contribution in [1.82, 2.24) is 10.3 Å². The van der Waals surface area contributed by atoms with E-state index in [9.17, 15) is 0 Å². The molecule has 21 heavy (non-hydrogen) atoms. The number of likely N-dealkylation sites (N-methyl/N-ethyl adjacent to an activating group) is 1. The molecule has 0 spiro atoms. The molecule has 118 valence electrons. The second-order valence-electron chi connectivity index (χ2n) is 5.77. The van der Waals surface area contributed by atoms with E-state index in [1.54, 1.807) is 6.20 Å². The Kier molecular flexibility index (Phi) is 6.00. The Labute approximate surface area is 128 Å². The maximum Gasteiger partial charge on any atom is 0.137 e. The maximum atomic E-state index is 5.96. The number of pyridine rings is 1. The lowest BCUT2D eigenvalue weighted by atomic mass is 9.87. The lowest BCUT2D eigenvalue weighted by Crippen LogP contribution is -2.43. The lowest BCUT2D eigenvalue weighted by molar-refractivity contribution is -0.0365. The molecule has 1 atom stereocenters. The van der Waals surface area contributed by atoms with Crippen molar-refractivity contribution in [3.8, 4) is 5.75 Å². The monoisotopic (exact) mass is 292 g/mol. The minimum Gasteiger partial charge on any atom is -0.492 e. The highest BCUT2D eigenvalue weighted by Crippen LogP contribution is 2.42. The second-order valence-corrected chi connectivity index (χ2v) is 5.77. The smallest absolute Gasteiger partial charge is 0.137 e. The molecule has 1 unspecified atom stereocenters. The molecule has 2 rings (SSSR count). The minimum atomic E-state index is -0.110. The molecule has 1 aromatic heterocycles. The Morgan fingerprint density at radius 1 is 1.29 bits per heavy atom. The van der Waals surface area contributed by atoms with E-state index in [-0.39, 0.29) is 11.6 Å². The molecule has 1 aliphatic rings. The molecule has 0 amide bonds. The summed E-state index contributed by atoms with van der Waals surface area (Å²) in [4.78, 5) is 4.36. The van der Waals surface area contributed by atoms with Crippen molar-refractivity contribution in [3.63, 3.8) is 0 Å². The Bertz CT molecular complexity index is 431.